The molecule has 3 nitrogen and oxygen atoms in total. The Bertz CT molecular complexity index is 293. The summed E-state index contributed by atoms with van der Waals surface area (Å²) in [5, 5.41) is 3.87. The molecule has 0 radical (unpaired) electrons. The Morgan fingerprint density at radius 3 is 2.80 bits per heavy atom. The standard InChI is InChI=1S/C17H34N2O/c1-5-10-18-16-15(8-7-9-17(16,3)4)19-11-12-20-13-14(19)6-2/h14-16,18H,5-13H2,1-4H3. The van der Waals surface area contributed by atoms with E-state index in [1.165, 1.54) is 32.1 Å². The molecular weight excluding hydrogens is 248 g/mol. The van der Waals surface area contributed by atoms with E-state index in [-0.39, 0.29) is 0 Å². The number of rotatable bonds is 5. The second-order valence-corrected chi connectivity index (χ2v) is 7.25. The third kappa shape index (κ3) is 3.55. The lowest BCUT2D eigenvalue weighted by Gasteiger charge is -2.51. The van der Waals surface area contributed by atoms with Gasteiger partial charge in [-0.15, -0.1) is 0 Å². The van der Waals surface area contributed by atoms with E-state index in [0.29, 0.717) is 23.5 Å². The molecule has 2 rings (SSSR count). The fourth-order valence-corrected chi connectivity index (χ4v) is 4.14. The largest absolute Gasteiger partial charge is 0.378 e. The van der Waals surface area contributed by atoms with E-state index in [2.05, 4.69) is 37.9 Å². The molecule has 118 valence electrons. The maximum absolute atomic E-state index is 5.70. The highest BCUT2D eigenvalue weighted by molar-refractivity contribution is 4.99. The number of ether oxygens (including phenoxy) is 1. The molecule has 0 amide bonds. The van der Waals surface area contributed by atoms with Crippen molar-refractivity contribution in [2.24, 2.45) is 5.41 Å². The SMILES string of the molecule is CCCNC1C(N2CCOCC2CC)CCCC1(C)C. The number of nitrogens with one attached hydrogen (secondary N) is 1. The van der Waals surface area contributed by atoms with E-state index in [4.69, 9.17) is 4.74 Å². The van der Waals surface area contributed by atoms with Gasteiger partial charge in [-0.1, -0.05) is 34.1 Å². The Morgan fingerprint density at radius 2 is 2.10 bits per heavy atom. The molecule has 20 heavy (non-hydrogen) atoms. The maximum Gasteiger partial charge on any atom is 0.0622 e. The van der Waals surface area contributed by atoms with Crippen molar-refractivity contribution in [3.8, 4) is 0 Å². The van der Waals surface area contributed by atoms with Gasteiger partial charge in [0.1, 0.15) is 0 Å². The van der Waals surface area contributed by atoms with Crippen LogP contribution >= 0.6 is 0 Å². The molecule has 1 aliphatic carbocycles. The van der Waals surface area contributed by atoms with Crippen LogP contribution in [0.3, 0.4) is 0 Å². The van der Waals surface area contributed by atoms with E-state index in [1.54, 1.807) is 0 Å². The summed E-state index contributed by atoms with van der Waals surface area (Å²) in [6.07, 6.45) is 6.50. The quantitative estimate of drug-likeness (QED) is 0.839. The molecule has 2 fully saturated rings. The highest BCUT2D eigenvalue weighted by Gasteiger charge is 2.43. The van der Waals surface area contributed by atoms with Gasteiger partial charge in [0.15, 0.2) is 0 Å². The Hall–Kier alpha value is -0.120. The summed E-state index contributed by atoms with van der Waals surface area (Å²) in [4.78, 5) is 2.76. The van der Waals surface area contributed by atoms with Crippen LogP contribution in [0.4, 0.5) is 0 Å². The molecule has 2 aliphatic rings. The Balaban J connectivity index is 2.12. The van der Waals surface area contributed by atoms with Crippen molar-refractivity contribution < 1.29 is 4.74 Å². The van der Waals surface area contributed by atoms with Gasteiger partial charge in [-0.05, 0) is 37.6 Å². The lowest BCUT2D eigenvalue weighted by atomic mass is 9.70. The van der Waals surface area contributed by atoms with Crippen molar-refractivity contribution in [2.75, 3.05) is 26.3 Å². The van der Waals surface area contributed by atoms with Crippen LogP contribution in [0.5, 0.6) is 0 Å². The van der Waals surface area contributed by atoms with Gasteiger partial charge in [-0.25, -0.2) is 0 Å². The summed E-state index contributed by atoms with van der Waals surface area (Å²) in [5.74, 6) is 0. The normalized spacial score (nSPS) is 35.1. The third-order valence-electron chi connectivity index (χ3n) is 5.33. The second-order valence-electron chi connectivity index (χ2n) is 7.25. The van der Waals surface area contributed by atoms with Crippen molar-refractivity contribution in [3.05, 3.63) is 0 Å². The van der Waals surface area contributed by atoms with Crippen LogP contribution in [0.15, 0.2) is 0 Å². The Labute approximate surface area is 125 Å². The molecule has 1 N–H and O–H groups in total. The highest BCUT2D eigenvalue weighted by atomic mass is 16.5. The van der Waals surface area contributed by atoms with E-state index in [1.807, 2.05) is 0 Å². The first-order chi connectivity index (χ1) is 9.60. The van der Waals surface area contributed by atoms with Crippen LogP contribution in [0.2, 0.25) is 0 Å². The highest BCUT2D eigenvalue weighted by Crippen LogP contribution is 2.39. The van der Waals surface area contributed by atoms with Crippen LogP contribution in [-0.2, 0) is 4.74 Å². The minimum absolute atomic E-state index is 0.411. The van der Waals surface area contributed by atoms with E-state index in [0.717, 1.165) is 26.3 Å². The number of nitrogens with zero attached hydrogens (tertiary/aromatic N) is 1. The molecule has 0 bridgehead atoms. The minimum atomic E-state index is 0.411. The molecule has 0 aromatic rings. The molecule has 3 heteroatoms. The lowest BCUT2D eigenvalue weighted by molar-refractivity contribution is -0.0602. The topological polar surface area (TPSA) is 24.5 Å². The summed E-state index contributed by atoms with van der Waals surface area (Å²) >= 11 is 0. The Morgan fingerprint density at radius 1 is 1.30 bits per heavy atom. The van der Waals surface area contributed by atoms with E-state index in [9.17, 15) is 0 Å². The van der Waals surface area contributed by atoms with Gasteiger partial charge >= 0.3 is 0 Å². The molecule has 3 unspecified atom stereocenters. The minimum Gasteiger partial charge on any atom is -0.378 e. The van der Waals surface area contributed by atoms with Crippen LogP contribution in [0.1, 0.15) is 59.8 Å². The molecule has 0 aromatic heterocycles. The molecule has 1 heterocycles. The predicted molar refractivity (Wildman–Crippen MR) is 85.1 cm³/mol. The van der Waals surface area contributed by atoms with Gasteiger partial charge in [0.05, 0.1) is 13.2 Å². The molecule has 1 saturated carbocycles. The van der Waals surface area contributed by atoms with Gasteiger partial charge in [0, 0.05) is 24.7 Å². The smallest absolute Gasteiger partial charge is 0.0622 e. The number of morpholine rings is 1. The average molecular weight is 282 g/mol. The van der Waals surface area contributed by atoms with Gasteiger partial charge in [0.2, 0.25) is 0 Å². The Kier molecular flexibility index (Phi) is 5.88. The van der Waals surface area contributed by atoms with Crippen molar-refractivity contribution in [3.63, 3.8) is 0 Å². The summed E-state index contributed by atoms with van der Waals surface area (Å²) in [6, 6.07) is 1.94. The second kappa shape index (κ2) is 7.24. The summed E-state index contributed by atoms with van der Waals surface area (Å²) < 4.78 is 5.70. The predicted octanol–water partition coefficient (Wildman–Crippen LogP) is 3.04. The molecular formula is C17H34N2O. The molecule has 3 atom stereocenters. The molecule has 0 spiro atoms. The maximum atomic E-state index is 5.70. The first-order valence-corrected chi connectivity index (χ1v) is 8.67. The van der Waals surface area contributed by atoms with Crippen molar-refractivity contribution in [2.45, 2.75) is 77.9 Å². The van der Waals surface area contributed by atoms with E-state index < -0.39 is 0 Å². The number of hydrogen-bond donors (Lipinski definition) is 1. The third-order valence-corrected chi connectivity index (χ3v) is 5.33. The van der Waals surface area contributed by atoms with E-state index >= 15 is 0 Å². The molecule has 1 aliphatic heterocycles. The zero-order valence-corrected chi connectivity index (χ0v) is 14.0. The van der Waals surface area contributed by atoms with Crippen LogP contribution < -0.4 is 5.32 Å². The van der Waals surface area contributed by atoms with Gasteiger partial charge in [-0.3, -0.25) is 4.90 Å². The molecule has 1 saturated heterocycles. The van der Waals surface area contributed by atoms with Crippen LogP contribution in [0, 0.1) is 5.41 Å². The zero-order valence-electron chi connectivity index (χ0n) is 14.0. The van der Waals surface area contributed by atoms with Gasteiger partial charge in [0.25, 0.3) is 0 Å². The fourth-order valence-electron chi connectivity index (χ4n) is 4.14. The zero-order chi connectivity index (χ0) is 14.6. The van der Waals surface area contributed by atoms with Crippen LogP contribution in [-0.4, -0.2) is 49.3 Å². The van der Waals surface area contributed by atoms with Gasteiger partial charge < -0.3 is 10.1 Å². The first kappa shape index (κ1) is 16.3. The molecule has 0 aromatic carbocycles. The van der Waals surface area contributed by atoms with Crippen molar-refractivity contribution in [1.29, 1.82) is 0 Å². The summed E-state index contributed by atoms with van der Waals surface area (Å²) in [6.45, 7) is 13.6. The van der Waals surface area contributed by atoms with Crippen molar-refractivity contribution >= 4 is 0 Å². The first-order valence-electron chi connectivity index (χ1n) is 8.67. The van der Waals surface area contributed by atoms with Crippen molar-refractivity contribution in [1.82, 2.24) is 10.2 Å². The lowest BCUT2D eigenvalue weighted by Crippen LogP contribution is -2.63. The summed E-state index contributed by atoms with van der Waals surface area (Å²) in [5.41, 5.74) is 0.411. The monoisotopic (exact) mass is 282 g/mol. The number of hydrogen-bond acceptors (Lipinski definition) is 3. The fraction of sp³-hybridized carbons (Fsp3) is 1.00. The van der Waals surface area contributed by atoms with Crippen LogP contribution in [0.25, 0.3) is 0 Å². The average Bonchev–Trinajstić information content (AvgIpc) is 2.45. The summed E-state index contributed by atoms with van der Waals surface area (Å²) in [7, 11) is 0. The van der Waals surface area contributed by atoms with Gasteiger partial charge in [-0.2, -0.15) is 0 Å².